The molecular weight excluding hydrogens is 266 g/mol. The normalized spacial score (nSPS) is 20.0. The first-order valence-electron chi connectivity index (χ1n) is 8.09. The highest BCUT2D eigenvalue weighted by Gasteiger charge is 2.18. The van der Waals surface area contributed by atoms with Crippen molar-refractivity contribution in [1.29, 1.82) is 0 Å². The fourth-order valence-electron chi connectivity index (χ4n) is 2.81. The van der Waals surface area contributed by atoms with Gasteiger partial charge in [-0.25, -0.2) is 0 Å². The van der Waals surface area contributed by atoms with E-state index in [1.807, 2.05) is 0 Å². The Bertz CT molecular complexity index is 379. The molecule has 0 amide bonds. The van der Waals surface area contributed by atoms with E-state index in [0.717, 1.165) is 44.6 Å². The third-order valence-electron chi connectivity index (χ3n) is 4.02. The van der Waals surface area contributed by atoms with Gasteiger partial charge in [0.15, 0.2) is 5.96 Å². The molecule has 0 aromatic rings. The fraction of sp³-hybridized carbons (Fsp3) is 0.750. The summed E-state index contributed by atoms with van der Waals surface area (Å²) in [6.45, 7) is 0.736. The zero-order valence-corrected chi connectivity index (χ0v) is 12.9. The molecule has 1 fully saturated rings. The molecule has 0 aromatic heterocycles. The Morgan fingerprint density at radius 2 is 2.00 bits per heavy atom. The number of hydrogen-bond acceptors (Lipinski definition) is 3. The minimum Gasteiger partial charge on any atom is -0.462 e. The number of hydrogen-bond donors (Lipinski definition) is 2. The van der Waals surface area contributed by atoms with Crippen molar-refractivity contribution in [1.82, 2.24) is 10.6 Å². The maximum absolute atomic E-state index is 11.7. The Labute approximate surface area is 127 Å². The Kier molecular flexibility index (Phi) is 6.57. The van der Waals surface area contributed by atoms with E-state index in [4.69, 9.17) is 4.74 Å². The monoisotopic (exact) mass is 293 g/mol. The highest BCUT2D eigenvalue weighted by molar-refractivity contribution is 5.80. The highest BCUT2D eigenvalue weighted by Crippen LogP contribution is 2.21. The lowest BCUT2D eigenvalue weighted by molar-refractivity contribution is -0.148. The molecule has 0 aliphatic heterocycles. The minimum atomic E-state index is -0.0633. The Morgan fingerprint density at radius 3 is 2.67 bits per heavy atom. The highest BCUT2D eigenvalue weighted by atomic mass is 16.5. The quantitative estimate of drug-likeness (QED) is 0.259. The van der Waals surface area contributed by atoms with E-state index in [1.54, 1.807) is 7.05 Å². The molecule has 2 aliphatic rings. The average molecular weight is 293 g/mol. The van der Waals surface area contributed by atoms with E-state index < -0.39 is 0 Å². The summed E-state index contributed by atoms with van der Waals surface area (Å²) in [5.74, 6) is 0.750. The van der Waals surface area contributed by atoms with Gasteiger partial charge in [-0.15, -0.1) is 0 Å². The number of nitrogens with one attached hydrogen (secondary N) is 2. The van der Waals surface area contributed by atoms with Crippen molar-refractivity contribution >= 4 is 11.9 Å². The zero-order chi connectivity index (χ0) is 14.9. The third kappa shape index (κ3) is 5.78. The Hall–Kier alpha value is -1.52. The van der Waals surface area contributed by atoms with Crippen molar-refractivity contribution in [2.75, 3.05) is 13.6 Å². The van der Waals surface area contributed by atoms with Gasteiger partial charge in [-0.05, 0) is 44.9 Å². The molecule has 0 aromatic carbocycles. The van der Waals surface area contributed by atoms with E-state index >= 15 is 0 Å². The predicted molar refractivity (Wildman–Crippen MR) is 84.2 cm³/mol. The molecule has 2 rings (SSSR count). The summed E-state index contributed by atoms with van der Waals surface area (Å²) < 4.78 is 5.43. The van der Waals surface area contributed by atoms with Crippen LogP contribution in [0.1, 0.15) is 51.4 Å². The summed E-state index contributed by atoms with van der Waals surface area (Å²) in [4.78, 5) is 15.9. The number of esters is 1. The topological polar surface area (TPSA) is 62.7 Å². The van der Waals surface area contributed by atoms with Crippen molar-refractivity contribution in [3.05, 3.63) is 12.2 Å². The van der Waals surface area contributed by atoms with Gasteiger partial charge in [0.2, 0.25) is 0 Å². The van der Waals surface area contributed by atoms with Gasteiger partial charge in [0.25, 0.3) is 0 Å². The number of guanidine groups is 1. The summed E-state index contributed by atoms with van der Waals surface area (Å²) >= 11 is 0. The molecule has 0 bridgehead atoms. The Balaban J connectivity index is 1.54. The number of aliphatic imine (C=N–C) groups is 1. The second-order valence-electron chi connectivity index (χ2n) is 5.78. The molecule has 5 heteroatoms. The van der Waals surface area contributed by atoms with Crippen LogP contribution in [-0.2, 0) is 9.53 Å². The molecule has 1 saturated carbocycles. The maximum Gasteiger partial charge on any atom is 0.306 e. The first-order valence-corrected chi connectivity index (χ1v) is 8.09. The number of carbonyl (C=O) groups excluding carboxylic acids is 1. The lowest BCUT2D eigenvalue weighted by Gasteiger charge is -2.17. The Morgan fingerprint density at radius 1 is 1.29 bits per heavy atom. The average Bonchev–Trinajstić information content (AvgIpc) is 3.15. The van der Waals surface area contributed by atoms with Gasteiger partial charge < -0.3 is 15.4 Å². The summed E-state index contributed by atoms with van der Waals surface area (Å²) in [5, 5.41) is 6.62. The number of ether oxygens (including phenoxy) is 1. The molecular formula is C16H27N3O2. The number of carbonyl (C=O) groups is 1. The van der Waals surface area contributed by atoms with E-state index in [-0.39, 0.29) is 12.1 Å². The van der Waals surface area contributed by atoms with Crippen molar-refractivity contribution in [2.24, 2.45) is 4.99 Å². The largest absolute Gasteiger partial charge is 0.462 e. The van der Waals surface area contributed by atoms with E-state index in [0.29, 0.717) is 12.5 Å². The molecule has 118 valence electrons. The molecule has 0 heterocycles. The van der Waals surface area contributed by atoms with Crippen LogP contribution in [0.15, 0.2) is 17.1 Å². The van der Waals surface area contributed by atoms with E-state index in [1.165, 1.54) is 12.8 Å². The van der Waals surface area contributed by atoms with Crippen molar-refractivity contribution in [2.45, 2.75) is 63.5 Å². The molecule has 0 radical (unpaired) electrons. The van der Waals surface area contributed by atoms with Gasteiger partial charge in [0.05, 0.1) is 0 Å². The van der Waals surface area contributed by atoms with Gasteiger partial charge in [-0.3, -0.25) is 9.79 Å². The molecule has 2 N–H and O–H groups in total. The molecule has 0 spiro atoms. The number of rotatable bonds is 6. The van der Waals surface area contributed by atoms with Crippen LogP contribution in [0.5, 0.6) is 0 Å². The SMILES string of the molecule is CN=C(NCCCC(=O)OC1CCCC1)NC1CC=CC1. The van der Waals surface area contributed by atoms with Gasteiger partial charge in [-0.2, -0.15) is 0 Å². The van der Waals surface area contributed by atoms with Crippen LogP contribution in [0, 0.1) is 0 Å². The number of nitrogens with zero attached hydrogens (tertiary/aromatic N) is 1. The van der Waals surface area contributed by atoms with E-state index in [9.17, 15) is 4.79 Å². The first-order chi connectivity index (χ1) is 10.3. The second-order valence-corrected chi connectivity index (χ2v) is 5.78. The smallest absolute Gasteiger partial charge is 0.306 e. The lowest BCUT2D eigenvalue weighted by atomic mass is 10.2. The van der Waals surface area contributed by atoms with Crippen LogP contribution in [0.25, 0.3) is 0 Å². The second kappa shape index (κ2) is 8.70. The molecule has 0 atom stereocenters. The van der Waals surface area contributed by atoms with Crippen molar-refractivity contribution in [3.8, 4) is 0 Å². The van der Waals surface area contributed by atoms with Gasteiger partial charge in [0, 0.05) is 26.1 Å². The lowest BCUT2D eigenvalue weighted by Crippen LogP contribution is -2.42. The zero-order valence-electron chi connectivity index (χ0n) is 12.9. The molecule has 0 saturated heterocycles. The molecule has 21 heavy (non-hydrogen) atoms. The van der Waals surface area contributed by atoms with Crippen LogP contribution in [0.2, 0.25) is 0 Å². The fourth-order valence-corrected chi connectivity index (χ4v) is 2.81. The predicted octanol–water partition coefficient (Wildman–Crippen LogP) is 2.14. The first kappa shape index (κ1) is 15.9. The van der Waals surface area contributed by atoms with Crippen LogP contribution in [0.3, 0.4) is 0 Å². The molecule has 5 nitrogen and oxygen atoms in total. The van der Waals surface area contributed by atoms with Gasteiger partial charge >= 0.3 is 5.97 Å². The van der Waals surface area contributed by atoms with Crippen LogP contribution < -0.4 is 10.6 Å². The van der Waals surface area contributed by atoms with E-state index in [2.05, 4.69) is 27.8 Å². The standard InChI is InChI=1S/C16H27N3O2/c1-17-16(19-13-7-2-3-8-13)18-12-6-11-15(20)21-14-9-4-5-10-14/h2-3,13-14H,4-12H2,1H3,(H2,17,18,19). The summed E-state index contributed by atoms with van der Waals surface area (Å²) in [7, 11) is 1.77. The molecule has 2 aliphatic carbocycles. The third-order valence-corrected chi connectivity index (χ3v) is 4.02. The molecule has 0 unspecified atom stereocenters. The van der Waals surface area contributed by atoms with Crippen LogP contribution >= 0.6 is 0 Å². The summed E-state index contributed by atoms with van der Waals surface area (Å²) in [6.07, 6.45) is 12.4. The van der Waals surface area contributed by atoms with Crippen LogP contribution in [0.4, 0.5) is 0 Å². The maximum atomic E-state index is 11.7. The van der Waals surface area contributed by atoms with Crippen molar-refractivity contribution in [3.63, 3.8) is 0 Å². The van der Waals surface area contributed by atoms with Gasteiger partial charge in [0.1, 0.15) is 6.10 Å². The summed E-state index contributed by atoms with van der Waals surface area (Å²) in [5.41, 5.74) is 0. The van der Waals surface area contributed by atoms with Crippen molar-refractivity contribution < 1.29 is 9.53 Å². The summed E-state index contributed by atoms with van der Waals surface area (Å²) in [6, 6.07) is 0.448. The van der Waals surface area contributed by atoms with Gasteiger partial charge in [-0.1, -0.05) is 12.2 Å². The minimum absolute atomic E-state index is 0.0633. The van der Waals surface area contributed by atoms with Crippen LogP contribution in [-0.4, -0.2) is 37.7 Å².